The van der Waals surface area contributed by atoms with E-state index < -0.39 is 6.36 Å². The summed E-state index contributed by atoms with van der Waals surface area (Å²) in [5, 5.41) is 0. The Morgan fingerprint density at radius 1 is 1.33 bits per heavy atom. The van der Waals surface area contributed by atoms with Gasteiger partial charge in [0, 0.05) is 0 Å². The number of hydrogen-bond donors (Lipinski definition) is 0. The summed E-state index contributed by atoms with van der Waals surface area (Å²) < 4.78 is 39.8. The van der Waals surface area contributed by atoms with E-state index in [4.69, 9.17) is 0 Å². The minimum Gasteiger partial charge on any atom is -0.406 e. The summed E-state index contributed by atoms with van der Waals surface area (Å²) in [5.41, 5.74) is 0.923. The molecule has 0 heterocycles. The van der Waals surface area contributed by atoms with Crippen molar-refractivity contribution < 1.29 is 17.9 Å². The van der Waals surface area contributed by atoms with Gasteiger partial charge in [-0.1, -0.05) is 13.2 Å². The van der Waals surface area contributed by atoms with Gasteiger partial charge in [-0.2, -0.15) is 0 Å². The highest BCUT2D eigenvalue weighted by Gasteiger charge is 2.33. The van der Waals surface area contributed by atoms with Gasteiger partial charge >= 0.3 is 6.36 Å². The summed E-state index contributed by atoms with van der Waals surface area (Å²) in [6.07, 6.45) is -1.36. The van der Waals surface area contributed by atoms with E-state index in [-0.39, 0.29) is 11.3 Å². The molecule has 0 aliphatic heterocycles. The van der Waals surface area contributed by atoms with Crippen molar-refractivity contribution in [2.75, 3.05) is 0 Å². The van der Waals surface area contributed by atoms with E-state index in [1.165, 1.54) is 13.0 Å². The Bertz CT molecular complexity index is 308. The molecule has 0 radical (unpaired) electrons. The van der Waals surface area contributed by atoms with Crippen LogP contribution in [0.15, 0.2) is 36.1 Å². The third-order valence-corrected chi connectivity index (χ3v) is 2.06. The molecule has 0 spiro atoms. The second kappa shape index (κ2) is 4.13. The fourth-order valence-electron chi connectivity index (χ4n) is 1.10. The molecule has 1 saturated carbocycles. The lowest BCUT2D eigenvalue weighted by atomic mass is 10.1. The quantitative estimate of drug-likeness (QED) is 0.512. The molecule has 1 fully saturated rings. The van der Waals surface area contributed by atoms with Crippen LogP contribution in [0.3, 0.4) is 0 Å². The van der Waals surface area contributed by atoms with Crippen molar-refractivity contribution in [2.24, 2.45) is 5.92 Å². The molecule has 15 heavy (non-hydrogen) atoms. The summed E-state index contributed by atoms with van der Waals surface area (Å²) in [6.45, 7) is 8.61. The SMILES string of the molecule is C=C(C)/C(=C\C(=C)C1CC1)OC(F)(F)F. The molecular formula is C11H13F3O. The minimum atomic E-state index is -4.67. The molecule has 0 amide bonds. The molecule has 1 rings (SSSR count). The summed E-state index contributed by atoms with van der Waals surface area (Å²) in [4.78, 5) is 0. The largest absolute Gasteiger partial charge is 0.573 e. The molecule has 1 nitrogen and oxygen atoms in total. The molecule has 1 aliphatic rings. The van der Waals surface area contributed by atoms with Crippen LogP contribution in [0.1, 0.15) is 19.8 Å². The summed E-state index contributed by atoms with van der Waals surface area (Å²) in [5.74, 6) is 0.0654. The average molecular weight is 218 g/mol. The number of hydrogen-bond acceptors (Lipinski definition) is 1. The van der Waals surface area contributed by atoms with E-state index in [2.05, 4.69) is 17.9 Å². The van der Waals surface area contributed by atoms with Crippen LogP contribution >= 0.6 is 0 Å². The maximum Gasteiger partial charge on any atom is 0.573 e. The maximum absolute atomic E-state index is 12.0. The van der Waals surface area contributed by atoms with Crippen molar-refractivity contribution in [1.82, 2.24) is 0 Å². The third kappa shape index (κ3) is 4.23. The summed E-state index contributed by atoms with van der Waals surface area (Å²) >= 11 is 0. The summed E-state index contributed by atoms with van der Waals surface area (Å²) in [6, 6.07) is 0. The van der Waals surface area contributed by atoms with Crippen molar-refractivity contribution in [2.45, 2.75) is 26.1 Å². The van der Waals surface area contributed by atoms with Crippen LogP contribution in [0.4, 0.5) is 13.2 Å². The molecule has 0 N–H and O–H groups in total. The van der Waals surface area contributed by atoms with Gasteiger partial charge in [-0.3, -0.25) is 0 Å². The van der Waals surface area contributed by atoms with Crippen LogP contribution in [-0.2, 0) is 4.74 Å². The van der Waals surface area contributed by atoms with Crippen molar-refractivity contribution in [3.63, 3.8) is 0 Å². The zero-order valence-electron chi connectivity index (χ0n) is 8.53. The number of allylic oxidation sites excluding steroid dienone is 3. The number of halogens is 3. The van der Waals surface area contributed by atoms with Gasteiger partial charge in [-0.15, -0.1) is 13.2 Å². The van der Waals surface area contributed by atoms with Gasteiger partial charge < -0.3 is 4.74 Å². The lowest BCUT2D eigenvalue weighted by molar-refractivity contribution is -0.303. The van der Waals surface area contributed by atoms with E-state index in [9.17, 15) is 13.2 Å². The molecule has 0 bridgehead atoms. The van der Waals surface area contributed by atoms with Crippen molar-refractivity contribution in [1.29, 1.82) is 0 Å². The molecule has 0 aromatic rings. The topological polar surface area (TPSA) is 9.23 Å². The number of rotatable bonds is 4. The Kier molecular flexibility index (Phi) is 3.27. The van der Waals surface area contributed by atoms with Crippen LogP contribution in [0.25, 0.3) is 0 Å². The number of ether oxygens (including phenoxy) is 1. The molecule has 1 aliphatic carbocycles. The Morgan fingerprint density at radius 3 is 2.20 bits per heavy atom. The number of alkyl halides is 3. The Labute approximate surface area is 86.9 Å². The molecule has 0 unspecified atom stereocenters. The normalized spacial score (nSPS) is 17.5. The average Bonchev–Trinajstić information content (AvgIpc) is 2.81. The van der Waals surface area contributed by atoms with Crippen molar-refractivity contribution >= 4 is 0 Å². The highest BCUT2D eigenvalue weighted by molar-refractivity contribution is 5.32. The Balaban J connectivity index is 2.72. The molecule has 0 atom stereocenters. The second-order valence-corrected chi connectivity index (χ2v) is 3.69. The lowest BCUT2D eigenvalue weighted by Crippen LogP contribution is -2.13. The molecule has 4 heteroatoms. The molecule has 84 valence electrons. The predicted molar refractivity (Wildman–Crippen MR) is 51.9 cm³/mol. The predicted octanol–water partition coefficient (Wildman–Crippen LogP) is 3.95. The monoisotopic (exact) mass is 218 g/mol. The Morgan fingerprint density at radius 2 is 1.87 bits per heavy atom. The molecule has 0 aromatic heterocycles. The molecular weight excluding hydrogens is 205 g/mol. The van der Waals surface area contributed by atoms with E-state index in [0.717, 1.165) is 12.8 Å². The first-order valence-electron chi connectivity index (χ1n) is 4.61. The lowest BCUT2D eigenvalue weighted by Gasteiger charge is -2.12. The van der Waals surface area contributed by atoms with E-state index >= 15 is 0 Å². The van der Waals surface area contributed by atoms with Crippen LogP contribution in [0, 0.1) is 5.92 Å². The van der Waals surface area contributed by atoms with Gasteiger partial charge in [0.1, 0.15) is 5.76 Å². The fraction of sp³-hybridized carbons (Fsp3) is 0.455. The van der Waals surface area contributed by atoms with E-state index in [1.54, 1.807) is 0 Å². The van der Waals surface area contributed by atoms with Crippen LogP contribution < -0.4 is 0 Å². The first kappa shape index (κ1) is 11.9. The third-order valence-electron chi connectivity index (χ3n) is 2.06. The zero-order valence-corrected chi connectivity index (χ0v) is 8.53. The van der Waals surface area contributed by atoms with Gasteiger partial charge in [0.15, 0.2) is 0 Å². The van der Waals surface area contributed by atoms with Gasteiger partial charge in [0.25, 0.3) is 0 Å². The van der Waals surface area contributed by atoms with Crippen LogP contribution in [-0.4, -0.2) is 6.36 Å². The highest BCUT2D eigenvalue weighted by atomic mass is 19.4. The first-order valence-corrected chi connectivity index (χ1v) is 4.61. The zero-order chi connectivity index (χ0) is 11.6. The first-order chi connectivity index (χ1) is 6.79. The summed E-state index contributed by atoms with van der Waals surface area (Å²) in [7, 11) is 0. The maximum atomic E-state index is 12.0. The van der Waals surface area contributed by atoms with Gasteiger partial charge in [-0.05, 0) is 42.9 Å². The fourth-order valence-corrected chi connectivity index (χ4v) is 1.10. The van der Waals surface area contributed by atoms with Crippen molar-refractivity contribution in [3.8, 4) is 0 Å². The smallest absolute Gasteiger partial charge is 0.406 e. The van der Waals surface area contributed by atoms with E-state index in [0.29, 0.717) is 11.5 Å². The second-order valence-electron chi connectivity index (χ2n) is 3.69. The van der Waals surface area contributed by atoms with Gasteiger partial charge in [0.05, 0.1) is 0 Å². The van der Waals surface area contributed by atoms with Crippen LogP contribution in [0.5, 0.6) is 0 Å². The Hall–Kier alpha value is -1.19. The molecule has 0 aromatic carbocycles. The standard InChI is InChI=1S/C11H13F3O/c1-7(2)10(15-11(12,13)14)6-8(3)9-4-5-9/h6,9H,1,3-5H2,2H3/b10-6+. The van der Waals surface area contributed by atoms with Crippen molar-refractivity contribution in [3.05, 3.63) is 36.1 Å². The van der Waals surface area contributed by atoms with Crippen LogP contribution in [0.2, 0.25) is 0 Å². The highest BCUT2D eigenvalue weighted by Crippen LogP contribution is 2.37. The van der Waals surface area contributed by atoms with E-state index in [1.807, 2.05) is 0 Å². The molecule has 0 saturated heterocycles. The minimum absolute atomic E-state index is 0.245. The van der Waals surface area contributed by atoms with Gasteiger partial charge in [0.2, 0.25) is 0 Å². The van der Waals surface area contributed by atoms with Gasteiger partial charge in [-0.25, -0.2) is 0 Å².